The van der Waals surface area contributed by atoms with E-state index in [1.165, 1.54) is 6.08 Å². The van der Waals surface area contributed by atoms with Gasteiger partial charge in [0.05, 0.1) is 6.04 Å². The summed E-state index contributed by atoms with van der Waals surface area (Å²) >= 11 is 0. The average Bonchev–Trinajstić information content (AvgIpc) is 2.61. The third-order valence-corrected chi connectivity index (χ3v) is 4.27. The fourth-order valence-corrected chi connectivity index (χ4v) is 3.10. The first-order valence-electron chi connectivity index (χ1n) is 8.38. The van der Waals surface area contributed by atoms with Crippen LogP contribution in [0, 0.1) is 0 Å². The second-order valence-electron chi connectivity index (χ2n) is 6.21. The van der Waals surface area contributed by atoms with Crippen molar-refractivity contribution >= 4 is 11.9 Å². The molecule has 0 saturated carbocycles. The molecule has 0 saturated heterocycles. The van der Waals surface area contributed by atoms with Gasteiger partial charge in [-0.3, -0.25) is 9.69 Å². The van der Waals surface area contributed by atoms with Crippen LogP contribution in [0.4, 0.5) is 4.79 Å². The number of carbonyl (C=O) groups excluding carboxylic acids is 2. The SMILES string of the molecule is CC1=CC(=O)C[C@H](Cc2ccccc2)N1C(=O)OCc1ccccc1. The Morgan fingerprint density at radius 3 is 2.28 bits per heavy atom. The molecule has 0 spiro atoms. The smallest absolute Gasteiger partial charge is 0.414 e. The Balaban J connectivity index is 1.73. The maximum absolute atomic E-state index is 12.6. The number of benzene rings is 2. The van der Waals surface area contributed by atoms with E-state index in [1.807, 2.05) is 60.7 Å². The largest absolute Gasteiger partial charge is 0.444 e. The minimum Gasteiger partial charge on any atom is -0.444 e. The van der Waals surface area contributed by atoms with Crippen molar-refractivity contribution in [2.75, 3.05) is 0 Å². The van der Waals surface area contributed by atoms with Crippen LogP contribution in [0.3, 0.4) is 0 Å². The number of allylic oxidation sites excluding steroid dienone is 2. The van der Waals surface area contributed by atoms with Gasteiger partial charge in [-0.1, -0.05) is 60.7 Å². The van der Waals surface area contributed by atoms with Crippen LogP contribution >= 0.6 is 0 Å². The van der Waals surface area contributed by atoms with Gasteiger partial charge in [0.1, 0.15) is 6.61 Å². The number of ketones is 1. The van der Waals surface area contributed by atoms with Crippen molar-refractivity contribution in [3.63, 3.8) is 0 Å². The van der Waals surface area contributed by atoms with Gasteiger partial charge in [0, 0.05) is 18.2 Å². The van der Waals surface area contributed by atoms with Gasteiger partial charge in [-0.15, -0.1) is 0 Å². The van der Waals surface area contributed by atoms with E-state index in [0.717, 1.165) is 11.1 Å². The first-order chi connectivity index (χ1) is 12.1. The maximum Gasteiger partial charge on any atom is 0.414 e. The van der Waals surface area contributed by atoms with Crippen LogP contribution in [0.1, 0.15) is 24.5 Å². The highest BCUT2D eigenvalue weighted by Gasteiger charge is 2.32. The van der Waals surface area contributed by atoms with Gasteiger partial charge in [0.15, 0.2) is 5.78 Å². The Morgan fingerprint density at radius 1 is 1.04 bits per heavy atom. The van der Waals surface area contributed by atoms with E-state index in [0.29, 0.717) is 18.5 Å². The lowest BCUT2D eigenvalue weighted by Gasteiger charge is -2.34. The average molecular weight is 335 g/mol. The second kappa shape index (κ2) is 7.79. The summed E-state index contributed by atoms with van der Waals surface area (Å²) in [6.45, 7) is 1.99. The van der Waals surface area contributed by atoms with E-state index in [9.17, 15) is 9.59 Å². The van der Waals surface area contributed by atoms with E-state index in [4.69, 9.17) is 4.74 Å². The Morgan fingerprint density at radius 2 is 1.64 bits per heavy atom. The molecule has 0 unspecified atom stereocenters. The molecule has 1 atom stereocenters. The fraction of sp³-hybridized carbons (Fsp3) is 0.238. The van der Waals surface area contributed by atoms with Crippen molar-refractivity contribution in [1.29, 1.82) is 0 Å². The molecule has 0 aromatic heterocycles. The van der Waals surface area contributed by atoms with Crippen LogP contribution in [-0.2, 0) is 22.6 Å². The zero-order valence-electron chi connectivity index (χ0n) is 14.2. The van der Waals surface area contributed by atoms with Gasteiger partial charge in [-0.25, -0.2) is 4.79 Å². The number of amides is 1. The van der Waals surface area contributed by atoms with E-state index < -0.39 is 6.09 Å². The fourth-order valence-electron chi connectivity index (χ4n) is 3.10. The number of carbonyl (C=O) groups is 2. The lowest BCUT2D eigenvalue weighted by atomic mass is 9.96. The summed E-state index contributed by atoms with van der Waals surface area (Å²) in [5, 5.41) is 0. The second-order valence-corrected chi connectivity index (χ2v) is 6.21. The van der Waals surface area contributed by atoms with Crippen LogP contribution in [0.25, 0.3) is 0 Å². The zero-order chi connectivity index (χ0) is 17.6. The molecule has 0 N–H and O–H groups in total. The summed E-state index contributed by atoms with van der Waals surface area (Å²) in [4.78, 5) is 26.2. The minimum atomic E-state index is -0.411. The van der Waals surface area contributed by atoms with Crippen molar-refractivity contribution < 1.29 is 14.3 Å². The predicted octanol–water partition coefficient (Wildman–Crippen LogP) is 4.11. The Hall–Kier alpha value is -2.88. The van der Waals surface area contributed by atoms with Gasteiger partial charge in [0.25, 0.3) is 0 Å². The molecular formula is C21H21NO3. The molecule has 128 valence electrons. The lowest BCUT2D eigenvalue weighted by molar-refractivity contribution is -0.116. The standard InChI is InChI=1S/C21H21NO3/c1-16-12-20(23)14-19(13-17-8-4-2-5-9-17)22(16)21(24)25-15-18-10-6-3-7-11-18/h2-12,19H,13-15H2,1H3/t19-/m0/s1. The van der Waals surface area contributed by atoms with E-state index in [2.05, 4.69) is 0 Å². The highest BCUT2D eigenvalue weighted by molar-refractivity contribution is 5.93. The Labute approximate surface area is 147 Å². The lowest BCUT2D eigenvalue weighted by Crippen LogP contribution is -2.44. The van der Waals surface area contributed by atoms with Crippen LogP contribution in [0.2, 0.25) is 0 Å². The third-order valence-electron chi connectivity index (χ3n) is 4.27. The molecule has 25 heavy (non-hydrogen) atoms. The van der Waals surface area contributed by atoms with Crippen molar-refractivity contribution in [3.8, 4) is 0 Å². The van der Waals surface area contributed by atoms with Gasteiger partial charge in [0.2, 0.25) is 0 Å². The summed E-state index contributed by atoms with van der Waals surface area (Å²) in [6, 6.07) is 19.2. The summed E-state index contributed by atoms with van der Waals surface area (Å²) in [5.41, 5.74) is 2.66. The Kier molecular flexibility index (Phi) is 5.29. The van der Waals surface area contributed by atoms with Crippen molar-refractivity contribution in [2.24, 2.45) is 0 Å². The molecule has 3 rings (SSSR count). The molecule has 0 bridgehead atoms. The molecule has 1 heterocycles. The van der Waals surface area contributed by atoms with Crippen LogP contribution in [0.5, 0.6) is 0 Å². The molecule has 0 radical (unpaired) electrons. The van der Waals surface area contributed by atoms with E-state index >= 15 is 0 Å². The molecule has 4 nitrogen and oxygen atoms in total. The van der Waals surface area contributed by atoms with Crippen LogP contribution < -0.4 is 0 Å². The van der Waals surface area contributed by atoms with Gasteiger partial charge in [-0.2, -0.15) is 0 Å². The monoisotopic (exact) mass is 335 g/mol. The molecule has 1 aliphatic rings. The topological polar surface area (TPSA) is 46.6 Å². The van der Waals surface area contributed by atoms with Crippen LogP contribution in [-0.4, -0.2) is 22.8 Å². The molecule has 1 aliphatic heterocycles. The number of hydrogen-bond donors (Lipinski definition) is 0. The van der Waals surface area contributed by atoms with E-state index in [1.54, 1.807) is 11.8 Å². The number of nitrogens with zero attached hydrogens (tertiary/aromatic N) is 1. The van der Waals surface area contributed by atoms with Crippen molar-refractivity contribution in [2.45, 2.75) is 32.4 Å². The van der Waals surface area contributed by atoms with Crippen LogP contribution in [0.15, 0.2) is 72.4 Å². The van der Waals surface area contributed by atoms with Gasteiger partial charge < -0.3 is 4.74 Å². The third kappa shape index (κ3) is 4.35. The van der Waals surface area contributed by atoms with Gasteiger partial charge in [-0.05, 0) is 24.5 Å². The maximum atomic E-state index is 12.6. The zero-order valence-corrected chi connectivity index (χ0v) is 14.2. The summed E-state index contributed by atoms with van der Waals surface area (Å²) < 4.78 is 5.48. The molecular weight excluding hydrogens is 314 g/mol. The molecule has 1 amide bonds. The first kappa shape index (κ1) is 17.0. The number of ether oxygens (including phenoxy) is 1. The van der Waals surface area contributed by atoms with Crippen molar-refractivity contribution in [3.05, 3.63) is 83.6 Å². The molecule has 2 aromatic rings. The minimum absolute atomic E-state index is 0.0468. The van der Waals surface area contributed by atoms with E-state index in [-0.39, 0.29) is 18.4 Å². The normalized spacial score (nSPS) is 17.2. The molecule has 0 fully saturated rings. The number of rotatable bonds is 4. The molecule has 0 aliphatic carbocycles. The highest BCUT2D eigenvalue weighted by atomic mass is 16.6. The summed E-state index contributed by atoms with van der Waals surface area (Å²) in [5.74, 6) is 0.0468. The molecule has 4 heteroatoms. The summed E-state index contributed by atoms with van der Waals surface area (Å²) in [6.07, 6.45) is 2.04. The molecule has 2 aromatic carbocycles. The van der Waals surface area contributed by atoms with Crippen molar-refractivity contribution in [1.82, 2.24) is 4.90 Å². The van der Waals surface area contributed by atoms with Gasteiger partial charge >= 0.3 is 6.09 Å². The first-order valence-corrected chi connectivity index (χ1v) is 8.38. The Bertz CT molecular complexity index is 768. The number of hydrogen-bond acceptors (Lipinski definition) is 3. The summed E-state index contributed by atoms with van der Waals surface area (Å²) in [7, 11) is 0. The quantitative estimate of drug-likeness (QED) is 0.844. The predicted molar refractivity (Wildman–Crippen MR) is 95.8 cm³/mol. The highest BCUT2D eigenvalue weighted by Crippen LogP contribution is 2.24.